The number of nitrogens with zero attached hydrogens (tertiary/aromatic N) is 1. The Labute approximate surface area is 237 Å². The molecule has 206 valence electrons. The van der Waals surface area contributed by atoms with Crippen LogP contribution in [-0.4, -0.2) is 48.5 Å². The van der Waals surface area contributed by atoms with Crippen molar-refractivity contribution in [3.8, 4) is 0 Å². The van der Waals surface area contributed by atoms with Gasteiger partial charge in [0.05, 0.1) is 45.1 Å². The van der Waals surface area contributed by atoms with Crippen molar-refractivity contribution in [2.24, 2.45) is 0 Å². The first-order valence-electron chi connectivity index (χ1n) is 14.2. The van der Waals surface area contributed by atoms with Crippen LogP contribution in [0.2, 0.25) is 0 Å². The third-order valence-electron chi connectivity index (χ3n) is 7.90. The summed E-state index contributed by atoms with van der Waals surface area (Å²) in [6, 6.07) is 41.8. The van der Waals surface area contributed by atoms with E-state index in [1.165, 1.54) is 11.1 Å². The number of piperidine rings is 1. The second-order valence-corrected chi connectivity index (χ2v) is 10.6. The van der Waals surface area contributed by atoms with Gasteiger partial charge in [0.2, 0.25) is 0 Å². The molecule has 40 heavy (non-hydrogen) atoms. The summed E-state index contributed by atoms with van der Waals surface area (Å²) in [4.78, 5) is 2.53. The summed E-state index contributed by atoms with van der Waals surface area (Å²) in [5.74, 6) is 0. The number of morpholine rings is 1. The minimum absolute atomic E-state index is 0.0417. The van der Waals surface area contributed by atoms with Gasteiger partial charge in [-0.1, -0.05) is 121 Å². The molecule has 4 aromatic rings. The van der Waals surface area contributed by atoms with E-state index in [2.05, 4.69) is 83.8 Å². The van der Waals surface area contributed by atoms with Gasteiger partial charge in [0, 0.05) is 6.54 Å². The Hall–Kier alpha value is -3.32. The number of rotatable bonds is 12. The fourth-order valence-electron chi connectivity index (χ4n) is 5.87. The molecule has 0 spiro atoms. The van der Waals surface area contributed by atoms with Crippen molar-refractivity contribution in [1.29, 1.82) is 0 Å². The zero-order valence-electron chi connectivity index (χ0n) is 22.8. The van der Waals surface area contributed by atoms with Crippen molar-refractivity contribution in [2.45, 2.75) is 56.8 Å². The van der Waals surface area contributed by atoms with Gasteiger partial charge in [0.25, 0.3) is 0 Å². The molecule has 5 heteroatoms. The van der Waals surface area contributed by atoms with Gasteiger partial charge in [-0.05, 0) is 22.3 Å². The van der Waals surface area contributed by atoms with Crippen LogP contribution in [0.3, 0.4) is 0 Å². The molecular formula is C35H37NO4. The Kier molecular flexibility index (Phi) is 8.98. The Bertz CT molecular complexity index is 1280. The quantitative estimate of drug-likeness (QED) is 0.222. The average Bonchev–Trinajstić information content (AvgIpc) is 3.02. The van der Waals surface area contributed by atoms with Crippen LogP contribution in [0.25, 0.3) is 0 Å². The van der Waals surface area contributed by atoms with Crippen LogP contribution in [0.15, 0.2) is 121 Å². The van der Waals surface area contributed by atoms with Crippen molar-refractivity contribution in [1.82, 2.24) is 4.90 Å². The lowest BCUT2D eigenvalue weighted by Gasteiger charge is -2.57. The number of benzene rings is 4. The van der Waals surface area contributed by atoms with E-state index in [1.54, 1.807) is 0 Å². The molecule has 0 unspecified atom stereocenters. The van der Waals surface area contributed by atoms with Crippen molar-refractivity contribution in [3.05, 3.63) is 144 Å². The first kappa shape index (κ1) is 26.9. The second-order valence-electron chi connectivity index (χ2n) is 10.6. The van der Waals surface area contributed by atoms with Gasteiger partial charge in [0.15, 0.2) is 0 Å². The van der Waals surface area contributed by atoms with Crippen LogP contribution in [0.1, 0.15) is 22.3 Å². The monoisotopic (exact) mass is 535 g/mol. The van der Waals surface area contributed by atoms with Gasteiger partial charge in [-0.15, -0.1) is 0 Å². The first-order chi connectivity index (χ1) is 19.8. The molecule has 7 rings (SSSR count). The van der Waals surface area contributed by atoms with Gasteiger partial charge in [-0.3, -0.25) is 4.90 Å². The highest BCUT2D eigenvalue weighted by Gasteiger charge is 2.55. The van der Waals surface area contributed by atoms with Crippen LogP contribution < -0.4 is 0 Å². The predicted molar refractivity (Wildman–Crippen MR) is 155 cm³/mol. The molecule has 3 aliphatic rings. The number of hydrogen-bond acceptors (Lipinski definition) is 5. The van der Waals surface area contributed by atoms with Crippen molar-refractivity contribution >= 4 is 0 Å². The van der Waals surface area contributed by atoms with E-state index >= 15 is 0 Å². The van der Waals surface area contributed by atoms with E-state index in [0.29, 0.717) is 33.0 Å². The van der Waals surface area contributed by atoms with E-state index in [9.17, 15) is 0 Å². The maximum absolute atomic E-state index is 6.71. The molecule has 3 saturated heterocycles. The molecule has 0 amide bonds. The molecule has 2 bridgehead atoms. The number of fused-ring (bicyclic) bond motifs is 3. The molecule has 4 aromatic carbocycles. The maximum atomic E-state index is 6.71. The third-order valence-corrected chi connectivity index (χ3v) is 7.90. The number of ether oxygens (including phenoxy) is 4. The molecule has 3 fully saturated rings. The topological polar surface area (TPSA) is 40.2 Å². The summed E-state index contributed by atoms with van der Waals surface area (Å²) in [6.45, 7) is 3.59. The number of hydrogen-bond donors (Lipinski definition) is 0. The largest absolute Gasteiger partial charge is 0.375 e. The van der Waals surface area contributed by atoms with Crippen LogP contribution in [0, 0.1) is 0 Å². The fraction of sp³-hybridized carbons (Fsp3) is 0.314. The molecule has 5 atom stereocenters. The average molecular weight is 536 g/mol. The van der Waals surface area contributed by atoms with E-state index in [-0.39, 0.29) is 30.4 Å². The summed E-state index contributed by atoms with van der Waals surface area (Å²) in [6.07, 6.45) is -0.509. The van der Waals surface area contributed by atoms with Crippen LogP contribution in [0.5, 0.6) is 0 Å². The minimum Gasteiger partial charge on any atom is -0.375 e. The normalized spacial score (nSPS) is 24.2. The lowest BCUT2D eigenvalue weighted by Crippen LogP contribution is -2.74. The van der Waals surface area contributed by atoms with Gasteiger partial charge in [-0.25, -0.2) is 0 Å². The molecule has 3 heterocycles. The zero-order valence-corrected chi connectivity index (χ0v) is 22.8. The summed E-state index contributed by atoms with van der Waals surface area (Å²) in [7, 11) is 0. The van der Waals surface area contributed by atoms with Gasteiger partial charge in [0.1, 0.15) is 18.3 Å². The molecule has 0 radical (unpaired) electrons. The van der Waals surface area contributed by atoms with E-state index in [4.69, 9.17) is 18.9 Å². The predicted octanol–water partition coefficient (Wildman–Crippen LogP) is 6.03. The lowest BCUT2D eigenvalue weighted by atomic mass is 9.84. The molecule has 3 aliphatic heterocycles. The Morgan fingerprint density at radius 3 is 1.60 bits per heavy atom. The highest BCUT2D eigenvalue weighted by molar-refractivity contribution is 5.19. The Morgan fingerprint density at radius 1 is 0.575 bits per heavy atom. The first-order valence-corrected chi connectivity index (χ1v) is 14.2. The van der Waals surface area contributed by atoms with Crippen molar-refractivity contribution < 1.29 is 18.9 Å². The van der Waals surface area contributed by atoms with Gasteiger partial charge in [-0.2, -0.15) is 0 Å². The van der Waals surface area contributed by atoms with E-state index in [1.807, 2.05) is 42.5 Å². The highest BCUT2D eigenvalue weighted by Crippen LogP contribution is 2.38. The fourth-order valence-corrected chi connectivity index (χ4v) is 5.87. The summed E-state index contributed by atoms with van der Waals surface area (Å²) in [5, 5.41) is 0. The molecule has 0 N–H and O–H groups in total. The Morgan fingerprint density at radius 2 is 1.05 bits per heavy atom. The third kappa shape index (κ3) is 6.52. The van der Waals surface area contributed by atoms with Crippen LogP contribution >= 0.6 is 0 Å². The molecule has 0 aromatic heterocycles. The van der Waals surface area contributed by atoms with Gasteiger partial charge < -0.3 is 18.9 Å². The van der Waals surface area contributed by atoms with Crippen LogP contribution in [0.4, 0.5) is 0 Å². The SMILES string of the molecule is c1ccc(COC[C@@H]2[C@H]3OC[C@H]([C@H](OCc4ccccc4)[C@@H]3OCc3ccccc3)N2Cc2ccccc2)cc1. The standard InChI is InChI=1S/C35H37NO4/c1-5-13-27(14-6-1)21-36-31(25-37-22-28-15-7-2-8-16-28)33-35(39-24-30-19-11-4-12-20-30)34(32(36)26-40-33)38-23-29-17-9-3-10-18-29/h1-20,31-35H,21-26H2/t31-,32-,33-,34+,35-/m1/s1. The minimum atomic E-state index is -0.208. The van der Waals surface area contributed by atoms with E-state index < -0.39 is 0 Å². The zero-order chi connectivity index (χ0) is 27.0. The van der Waals surface area contributed by atoms with Crippen molar-refractivity contribution in [3.63, 3.8) is 0 Å². The maximum Gasteiger partial charge on any atom is 0.113 e. The van der Waals surface area contributed by atoms with E-state index in [0.717, 1.165) is 17.7 Å². The molecule has 5 nitrogen and oxygen atoms in total. The molecule has 0 saturated carbocycles. The van der Waals surface area contributed by atoms with Crippen LogP contribution in [-0.2, 0) is 45.3 Å². The summed E-state index contributed by atoms with van der Waals surface area (Å²) in [5.41, 5.74) is 4.74. The second kappa shape index (κ2) is 13.4. The molecule has 0 aliphatic carbocycles. The lowest BCUT2D eigenvalue weighted by molar-refractivity contribution is -0.277. The Balaban J connectivity index is 1.25. The summed E-state index contributed by atoms with van der Waals surface area (Å²) < 4.78 is 26.2. The highest BCUT2D eigenvalue weighted by atomic mass is 16.6. The summed E-state index contributed by atoms with van der Waals surface area (Å²) >= 11 is 0. The van der Waals surface area contributed by atoms with Crippen molar-refractivity contribution in [2.75, 3.05) is 13.2 Å². The van der Waals surface area contributed by atoms with Gasteiger partial charge >= 0.3 is 0 Å². The molecular weight excluding hydrogens is 498 g/mol. The smallest absolute Gasteiger partial charge is 0.113 e.